The van der Waals surface area contributed by atoms with Crippen LogP contribution >= 0.6 is 79.6 Å². The molecule has 0 aromatic rings. The Hall–Kier alpha value is 1.40. The first-order valence-corrected chi connectivity index (χ1v) is 12.6. The fourth-order valence-corrected chi connectivity index (χ4v) is 7.12. The average molecular weight is 685 g/mol. The number of amides is 2. The highest BCUT2D eigenvalue weighted by Crippen LogP contribution is 2.67. The normalized spacial score (nSPS) is 41.8. The Labute approximate surface area is 197 Å². The lowest BCUT2D eigenvalue weighted by atomic mass is 9.40. The molecule has 2 atom stereocenters. The summed E-state index contributed by atoms with van der Waals surface area (Å²) in [6, 6.07) is 0. The van der Waals surface area contributed by atoms with Gasteiger partial charge in [-0.15, -0.1) is 0 Å². The minimum Gasteiger partial charge on any atom is -0.349 e. The van der Waals surface area contributed by atoms with Crippen molar-refractivity contribution in [2.45, 2.75) is 68.7 Å². The molecule has 4 rings (SSSR count). The first-order valence-electron chi connectivity index (χ1n) is 8.60. The Bertz CT molecular complexity index is 592. The maximum absolute atomic E-state index is 12.7. The number of hydrogen-bond donors (Lipinski definition) is 2. The van der Waals surface area contributed by atoms with E-state index in [4.69, 9.17) is 0 Å². The van der Waals surface area contributed by atoms with Gasteiger partial charge in [0.15, 0.2) is 0 Å². The highest BCUT2D eigenvalue weighted by atomic mass is 80.0. The van der Waals surface area contributed by atoms with Crippen LogP contribution in [0, 0.1) is 10.8 Å². The molecule has 0 aliphatic heterocycles. The number of nitrogens with one attached hydrogen (secondary N) is 2. The molecule has 0 aromatic heterocycles. The van der Waals surface area contributed by atoms with Crippen molar-refractivity contribution in [1.29, 1.82) is 0 Å². The molecule has 2 N–H and O–H groups in total. The summed E-state index contributed by atoms with van der Waals surface area (Å²) < 4.78 is -1.77. The molecule has 10 heteroatoms. The van der Waals surface area contributed by atoms with Gasteiger partial charge in [-0.05, 0) is 97.1 Å². The van der Waals surface area contributed by atoms with Crippen LogP contribution in [0.1, 0.15) is 52.4 Å². The van der Waals surface area contributed by atoms with Crippen LogP contribution in [0.15, 0.2) is 0 Å². The molecule has 0 heterocycles. The van der Waals surface area contributed by atoms with Gasteiger partial charge in [0, 0.05) is 11.1 Å². The quantitative estimate of drug-likeness (QED) is 0.349. The summed E-state index contributed by atoms with van der Waals surface area (Å²) in [6.45, 7) is 4.60. The van der Waals surface area contributed by atoms with E-state index in [-0.39, 0.29) is 33.7 Å². The molecule has 0 saturated heterocycles. The van der Waals surface area contributed by atoms with Crippen LogP contribution in [0.5, 0.6) is 0 Å². The van der Waals surface area contributed by atoms with Gasteiger partial charge in [0.2, 0.25) is 8.05 Å². The second-order valence-corrected chi connectivity index (χ2v) is 20.5. The zero-order chi connectivity index (χ0) is 19.8. The van der Waals surface area contributed by atoms with Gasteiger partial charge in [-0.1, -0.05) is 45.7 Å². The second kappa shape index (κ2) is 6.45. The van der Waals surface area contributed by atoms with E-state index in [2.05, 4.69) is 104 Å². The smallest absolute Gasteiger partial charge is 0.259 e. The van der Waals surface area contributed by atoms with E-state index in [1.165, 1.54) is 0 Å². The monoisotopic (exact) mass is 680 g/mol. The molecular weight excluding hydrogens is 663 g/mol. The molecule has 0 aromatic carbocycles. The number of hydrogen-bond acceptors (Lipinski definition) is 2. The van der Waals surface area contributed by atoms with Gasteiger partial charge in [0.1, 0.15) is 11.0 Å². The average Bonchev–Trinajstić information content (AvgIpc) is 2.29. The molecule has 0 radical (unpaired) electrons. The standard InChI is InChI=1S/C16H22BBr5N2O2/c1-11-3-12(2)5-13(4-11,23-9(25)15(17,18)19)8-14(6-11,7-12)24-10(26)16(20,21)22/h3-8,17H2,1-2H3,(H,23,25)(H,24,26). The van der Waals surface area contributed by atoms with Crippen molar-refractivity contribution >= 4 is 99.3 Å². The van der Waals surface area contributed by atoms with Gasteiger partial charge in [-0.25, -0.2) is 0 Å². The lowest BCUT2D eigenvalue weighted by molar-refractivity contribution is -0.154. The lowest BCUT2D eigenvalue weighted by Crippen LogP contribution is -2.75. The van der Waals surface area contributed by atoms with Crippen LogP contribution in [-0.2, 0) is 9.59 Å². The Morgan fingerprint density at radius 1 is 0.769 bits per heavy atom. The molecule has 4 aliphatic carbocycles. The van der Waals surface area contributed by atoms with Gasteiger partial charge in [0.05, 0.1) is 0 Å². The Kier molecular flexibility index (Phi) is 5.48. The van der Waals surface area contributed by atoms with Crippen molar-refractivity contribution < 1.29 is 9.59 Å². The number of halogens is 5. The summed E-state index contributed by atoms with van der Waals surface area (Å²) in [4.78, 5) is 25.4. The van der Waals surface area contributed by atoms with Crippen LogP contribution < -0.4 is 10.6 Å². The van der Waals surface area contributed by atoms with Gasteiger partial charge in [0.25, 0.3) is 5.91 Å². The molecule has 2 unspecified atom stereocenters. The van der Waals surface area contributed by atoms with Gasteiger partial charge < -0.3 is 10.6 Å². The van der Waals surface area contributed by atoms with Gasteiger partial charge in [-0.3, -0.25) is 9.59 Å². The summed E-state index contributed by atoms with van der Waals surface area (Å²) in [5.41, 5.74) is -0.392. The third-order valence-electron chi connectivity index (χ3n) is 6.00. The summed E-state index contributed by atoms with van der Waals surface area (Å²) in [6.07, 6.45) is 5.71. The molecule has 4 saturated carbocycles. The Morgan fingerprint density at radius 3 is 1.50 bits per heavy atom. The molecule has 146 valence electrons. The van der Waals surface area contributed by atoms with Crippen LogP contribution in [0.3, 0.4) is 0 Å². The summed E-state index contributed by atoms with van der Waals surface area (Å²) >= 11 is 16.8. The summed E-state index contributed by atoms with van der Waals surface area (Å²) in [5.74, 6) is -0.206. The fourth-order valence-electron chi connectivity index (χ4n) is 6.62. The van der Waals surface area contributed by atoms with E-state index in [1.54, 1.807) is 7.85 Å². The van der Waals surface area contributed by atoms with E-state index in [1.807, 2.05) is 0 Å². The van der Waals surface area contributed by atoms with Crippen LogP contribution in [0.25, 0.3) is 0 Å². The molecule has 4 aliphatic rings. The minimum absolute atomic E-state index is 0.0658. The predicted molar refractivity (Wildman–Crippen MR) is 124 cm³/mol. The van der Waals surface area contributed by atoms with Crippen molar-refractivity contribution in [2.75, 3.05) is 0 Å². The van der Waals surface area contributed by atoms with Crippen molar-refractivity contribution in [3.8, 4) is 0 Å². The molecule has 4 bridgehead atoms. The van der Waals surface area contributed by atoms with Gasteiger partial charge in [-0.2, -0.15) is 0 Å². The fraction of sp³-hybridized carbons (Fsp3) is 0.875. The van der Waals surface area contributed by atoms with E-state index in [0.29, 0.717) is 0 Å². The first-order chi connectivity index (χ1) is 11.5. The minimum atomic E-state index is -0.973. The van der Waals surface area contributed by atoms with Gasteiger partial charge >= 0.3 is 0 Å². The highest BCUT2D eigenvalue weighted by Gasteiger charge is 2.67. The number of alkyl halides is 5. The number of carbonyl (C=O) groups is 2. The lowest BCUT2D eigenvalue weighted by Gasteiger charge is -2.69. The van der Waals surface area contributed by atoms with Crippen LogP contribution in [0.4, 0.5) is 0 Å². The van der Waals surface area contributed by atoms with E-state index >= 15 is 0 Å². The van der Waals surface area contributed by atoms with E-state index in [9.17, 15) is 9.59 Å². The van der Waals surface area contributed by atoms with Crippen molar-refractivity contribution in [3.05, 3.63) is 0 Å². The molecule has 4 fully saturated rings. The predicted octanol–water partition coefficient (Wildman–Crippen LogP) is 4.01. The van der Waals surface area contributed by atoms with Crippen LogP contribution in [0.2, 0.25) is 0 Å². The topological polar surface area (TPSA) is 58.2 Å². The van der Waals surface area contributed by atoms with Crippen LogP contribution in [-0.4, -0.2) is 36.0 Å². The third-order valence-corrected chi connectivity index (χ3v) is 7.81. The maximum atomic E-state index is 12.7. The molecule has 26 heavy (non-hydrogen) atoms. The summed E-state index contributed by atoms with van der Waals surface area (Å²) in [5, 5.41) is 6.63. The molecule has 4 nitrogen and oxygen atoms in total. The van der Waals surface area contributed by atoms with Crippen molar-refractivity contribution in [1.82, 2.24) is 10.6 Å². The first kappa shape index (κ1) is 22.1. The zero-order valence-electron chi connectivity index (χ0n) is 14.9. The third kappa shape index (κ3) is 4.29. The zero-order valence-corrected chi connectivity index (χ0v) is 22.9. The van der Waals surface area contributed by atoms with E-state index < -0.39 is 5.28 Å². The molecule has 0 spiro atoms. The maximum Gasteiger partial charge on any atom is 0.259 e. The Balaban J connectivity index is 1.95. The van der Waals surface area contributed by atoms with Crippen molar-refractivity contribution in [2.24, 2.45) is 10.8 Å². The van der Waals surface area contributed by atoms with E-state index in [0.717, 1.165) is 38.5 Å². The Morgan fingerprint density at radius 2 is 1.15 bits per heavy atom. The SMILES string of the molecule is BC(Br)(Br)C(=O)NC12CC3(C)CC(C)(C1)CC(NC(=O)C(Br)(Br)Br)(C3)C2. The molecular formula is C16H22BBr5N2O2. The second-order valence-electron chi connectivity index (χ2n) is 9.54. The van der Waals surface area contributed by atoms with Crippen molar-refractivity contribution in [3.63, 3.8) is 0 Å². The number of carbonyl (C=O) groups excluding carboxylic acids is 2. The molecule has 2 amide bonds. The number of rotatable bonds is 3. The largest absolute Gasteiger partial charge is 0.349 e. The summed E-state index contributed by atoms with van der Waals surface area (Å²) in [7, 11) is 1.79. The highest BCUT2D eigenvalue weighted by molar-refractivity contribution is 9.40.